The molecule has 24 heavy (non-hydrogen) atoms. The van der Waals surface area contributed by atoms with E-state index in [1.54, 1.807) is 11.0 Å². The van der Waals surface area contributed by atoms with Crippen LogP contribution in [0.15, 0.2) is 11.5 Å². The normalized spacial score (nSPS) is 24.2. The number of aromatic nitrogens is 1. The van der Waals surface area contributed by atoms with Crippen molar-refractivity contribution in [1.29, 1.82) is 0 Å². The molecule has 0 saturated carbocycles. The first-order valence-electron chi connectivity index (χ1n) is 8.38. The van der Waals surface area contributed by atoms with E-state index in [9.17, 15) is 14.7 Å². The van der Waals surface area contributed by atoms with Gasteiger partial charge < -0.3 is 14.9 Å². The van der Waals surface area contributed by atoms with Gasteiger partial charge in [0.1, 0.15) is 0 Å². The predicted molar refractivity (Wildman–Crippen MR) is 92.4 cm³/mol. The number of carbonyl (C=O) groups is 2. The standard InChI is InChI=1S/C17H23N3O3S/c1-12-18-14(11-24-12)4-5-16(22)20-9-13(15(21)10-20)8-17(23)19-6-2-3-7-19/h4-5,11,13,15,21H,2-3,6-10H2,1H3/b5-4+/t13-,15-/m0/s1. The monoisotopic (exact) mass is 349 g/mol. The fourth-order valence-corrected chi connectivity index (χ4v) is 3.85. The Morgan fingerprint density at radius 3 is 2.75 bits per heavy atom. The third-order valence-corrected chi connectivity index (χ3v) is 5.44. The molecule has 130 valence electrons. The van der Waals surface area contributed by atoms with Gasteiger partial charge in [0.15, 0.2) is 0 Å². The smallest absolute Gasteiger partial charge is 0.246 e. The third kappa shape index (κ3) is 4.02. The van der Waals surface area contributed by atoms with Crippen molar-refractivity contribution in [1.82, 2.24) is 14.8 Å². The highest BCUT2D eigenvalue weighted by Crippen LogP contribution is 2.23. The minimum Gasteiger partial charge on any atom is -0.391 e. The summed E-state index contributed by atoms with van der Waals surface area (Å²) in [7, 11) is 0. The van der Waals surface area contributed by atoms with Crippen LogP contribution in [-0.2, 0) is 9.59 Å². The van der Waals surface area contributed by atoms with Crippen molar-refractivity contribution in [2.45, 2.75) is 32.3 Å². The predicted octanol–water partition coefficient (Wildman–Crippen LogP) is 1.30. The minimum atomic E-state index is -0.629. The SMILES string of the molecule is Cc1nc(/C=C/C(=O)N2C[C@H](CC(=O)N3CCCC3)[C@@H](O)C2)cs1. The van der Waals surface area contributed by atoms with E-state index in [0.717, 1.165) is 36.6 Å². The van der Waals surface area contributed by atoms with Crippen molar-refractivity contribution in [2.24, 2.45) is 5.92 Å². The Morgan fingerprint density at radius 1 is 1.33 bits per heavy atom. The van der Waals surface area contributed by atoms with Crippen molar-refractivity contribution in [3.63, 3.8) is 0 Å². The van der Waals surface area contributed by atoms with Crippen LogP contribution >= 0.6 is 11.3 Å². The molecule has 1 aromatic rings. The maximum atomic E-state index is 12.3. The second-order valence-corrected chi connectivity index (χ2v) is 7.55. The fraction of sp³-hybridized carbons (Fsp3) is 0.588. The van der Waals surface area contributed by atoms with Crippen LogP contribution in [0.4, 0.5) is 0 Å². The Labute approximate surface area is 145 Å². The molecule has 2 saturated heterocycles. The van der Waals surface area contributed by atoms with Crippen LogP contribution in [0, 0.1) is 12.8 Å². The molecule has 0 unspecified atom stereocenters. The van der Waals surface area contributed by atoms with E-state index in [-0.39, 0.29) is 24.3 Å². The molecule has 3 rings (SSSR count). The van der Waals surface area contributed by atoms with E-state index >= 15 is 0 Å². The molecule has 2 amide bonds. The first-order valence-corrected chi connectivity index (χ1v) is 9.26. The molecule has 3 heterocycles. The molecule has 0 aliphatic carbocycles. The number of likely N-dealkylation sites (tertiary alicyclic amines) is 2. The number of thiazole rings is 1. The maximum absolute atomic E-state index is 12.3. The molecule has 2 aliphatic heterocycles. The summed E-state index contributed by atoms with van der Waals surface area (Å²) in [6, 6.07) is 0. The van der Waals surface area contributed by atoms with Gasteiger partial charge in [-0.3, -0.25) is 9.59 Å². The summed E-state index contributed by atoms with van der Waals surface area (Å²) < 4.78 is 0. The Bertz CT molecular complexity index is 637. The van der Waals surface area contributed by atoms with Crippen LogP contribution in [0.1, 0.15) is 30.0 Å². The lowest BCUT2D eigenvalue weighted by Crippen LogP contribution is -2.32. The molecule has 7 heteroatoms. The zero-order valence-electron chi connectivity index (χ0n) is 13.9. The number of aryl methyl sites for hydroxylation is 1. The lowest BCUT2D eigenvalue weighted by molar-refractivity contribution is -0.132. The van der Waals surface area contributed by atoms with E-state index in [1.165, 1.54) is 17.4 Å². The van der Waals surface area contributed by atoms with Crippen LogP contribution in [0.3, 0.4) is 0 Å². The summed E-state index contributed by atoms with van der Waals surface area (Å²) in [5.41, 5.74) is 0.770. The molecule has 6 nitrogen and oxygen atoms in total. The number of rotatable bonds is 4. The van der Waals surface area contributed by atoms with Gasteiger partial charge in [0, 0.05) is 50.0 Å². The zero-order chi connectivity index (χ0) is 17.1. The van der Waals surface area contributed by atoms with Crippen molar-refractivity contribution in [3.05, 3.63) is 22.2 Å². The first kappa shape index (κ1) is 17.1. The summed E-state index contributed by atoms with van der Waals surface area (Å²) in [6.07, 6.45) is 5.00. The van der Waals surface area contributed by atoms with Gasteiger partial charge >= 0.3 is 0 Å². The minimum absolute atomic E-state index is 0.0966. The highest BCUT2D eigenvalue weighted by molar-refractivity contribution is 7.09. The van der Waals surface area contributed by atoms with Gasteiger partial charge in [-0.15, -0.1) is 11.3 Å². The molecule has 0 spiro atoms. The highest BCUT2D eigenvalue weighted by Gasteiger charge is 2.35. The van der Waals surface area contributed by atoms with Gasteiger partial charge in [0.05, 0.1) is 16.8 Å². The number of aliphatic hydroxyl groups is 1. The Kier molecular flexibility index (Phi) is 5.30. The van der Waals surface area contributed by atoms with Gasteiger partial charge in [-0.25, -0.2) is 4.98 Å². The first-order chi connectivity index (χ1) is 11.5. The Hall–Kier alpha value is -1.73. The number of β-amino-alcohol motifs (C(OH)–C–C–N with tert-alkyl or cyclic N) is 1. The van der Waals surface area contributed by atoms with Crippen molar-refractivity contribution in [2.75, 3.05) is 26.2 Å². The lowest BCUT2D eigenvalue weighted by Gasteiger charge is -2.19. The molecule has 2 fully saturated rings. The summed E-state index contributed by atoms with van der Waals surface area (Å²) in [5.74, 6) is -0.216. The Balaban J connectivity index is 1.53. The largest absolute Gasteiger partial charge is 0.391 e. The average Bonchev–Trinajstić information content (AvgIpc) is 3.27. The topological polar surface area (TPSA) is 73.7 Å². The van der Waals surface area contributed by atoms with Crippen molar-refractivity contribution in [3.8, 4) is 0 Å². The molecule has 2 aliphatic rings. The van der Waals surface area contributed by atoms with E-state index in [4.69, 9.17) is 0 Å². The molecular weight excluding hydrogens is 326 g/mol. The van der Waals surface area contributed by atoms with Crippen LogP contribution in [-0.4, -0.2) is 64.0 Å². The molecular formula is C17H23N3O3S. The average molecular weight is 349 g/mol. The lowest BCUT2D eigenvalue weighted by atomic mass is 10.0. The maximum Gasteiger partial charge on any atom is 0.246 e. The van der Waals surface area contributed by atoms with E-state index in [0.29, 0.717) is 13.0 Å². The summed E-state index contributed by atoms with van der Waals surface area (Å²) in [4.78, 5) is 32.3. The number of amides is 2. The number of nitrogens with zero attached hydrogens (tertiary/aromatic N) is 3. The number of hydrogen-bond acceptors (Lipinski definition) is 5. The van der Waals surface area contributed by atoms with Gasteiger partial charge in [-0.05, 0) is 25.8 Å². The number of aliphatic hydroxyl groups excluding tert-OH is 1. The molecule has 0 bridgehead atoms. The summed E-state index contributed by atoms with van der Waals surface area (Å²) in [6.45, 7) is 4.28. The van der Waals surface area contributed by atoms with Gasteiger partial charge in [0.2, 0.25) is 11.8 Å². The zero-order valence-corrected chi connectivity index (χ0v) is 14.7. The number of carbonyl (C=O) groups excluding carboxylic acids is 2. The Morgan fingerprint density at radius 2 is 2.08 bits per heavy atom. The second kappa shape index (κ2) is 7.44. The molecule has 0 radical (unpaired) electrons. The third-order valence-electron chi connectivity index (χ3n) is 4.65. The molecule has 2 atom stereocenters. The summed E-state index contributed by atoms with van der Waals surface area (Å²) >= 11 is 1.54. The summed E-state index contributed by atoms with van der Waals surface area (Å²) in [5, 5.41) is 13.0. The van der Waals surface area contributed by atoms with E-state index in [1.807, 2.05) is 17.2 Å². The van der Waals surface area contributed by atoms with Gasteiger partial charge in [-0.2, -0.15) is 0 Å². The van der Waals surface area contributed by atoms with E-state index < -0.39 is 6.10 Å². The van der Waals surface area contributed by atoms with Gasteiger partial charge in [0.25, 0.3) is 0 Å². The molecule has 1 aromatic heterocycles. The quantitative estimate of drug-likeness (QED) is 0.832. The number of hydrogen-bond donors (Lipinski definition) is 1. The van der Waals surface area contributed by atoms with Crippen LogP contribution in [0.5, 0.6) is 0 Å². The van der Waals surface area contributed by atoms with Crippen molar-refractivity contribution >= 4 is 29.2 Å². The second-order valence-electron chi connectivity index (χ2n) is 6.49. The highest BCUT2D eigenvalue weighted by atomic mass is 32.1. The van der Waals surface area contributed by atoms with Crippen LogP contribution in [0.25, 0.3) is 6.08 Å². The van der Waals surface area contributed by atoms with Gasteiger partial charge in [-0.1, -0.05) is 0 Å². The molecule has 0 aromatic carbocycles. The van der Waals surface area contributed by atoms with Crippen molar-refractivity contribution < 1.29 is 14.7 Å². The van der Waals surface area contributed by atoms with Crippen LogP contribution in [0.2, 0.25) is 0 Å². The van der Waals surface area contributed by atoms with E-state index in [2.05, 4.69) is 4.98 Å². The fourth-order valence-electron chi connectivity index (χ4n) is 3.27. The van der Waals surface area contributed by atoms with Crippen LogP contribution < -0.4 is 0 Å². The molecule has 1 N–H and O–H groups in total.